The smallest absolute Gasteiger partial charge is 0.416 e. The summed E-state index contributed by atoms with van der Waals surface area (Å²) >= 11 is 0. The van der Waals surface area contributed by atoms with Crippen LogP contribution < -0.4 is 19.1 Å². The molecule has 0 spiro atoms. The van der Waals surface area contributed by atoms with E-state index in [-0.39, 0.29) is 28.6 Å². The van der Waals surface area contributed by atoms with Gasteiger partial charge in [0, 0.05) is 12.6 Å². The second kappa shape index (κ2) is 12.2. The van der Waals surface area contributed by atoms with Gasteiger partial charge in [-0.3, -0.25) is 9.10 Å². The Morgan fingerprint density at radius 3 is 2.26 bits per heavy atom. The molecule has 0 saturated carbocycles. The van der Waals surface area contributed by atoms with Crippen LogP contribution >= 0.6 is 0 Å². The second-order valence-electron chi connectivity index (χ2n) is 8.52. The van der Waals surface area contributed by atoms with Crippen LogP contribution in [0.15, 0.2) is 71.6 Å². The molecule has 38 heavy (non-hydrogen) atoms. The third-order valence-electron chi connectivity index (χ3n) is 5.78. The molecule has 7 nitrogen and oxygen atoms in total. The van der Waals surface area contributed by atoms with E-state index in [4.69, 9.17) is 9.47 Å². The molecule has 0 aliphatic carbocycles. The number of benzene rings is 3. The van der Waals surface area contributed by atoms with Gasteiger partial charge < -0.3 is 14.8 Å². The van der Waals surface area contributed by atoms with E-state index in [2.05, 4.69) is 5.32 Å². The Morgan fingerprint density at radius 1 is 0.947 bits per heavy atom. The average molecular weight is 551 g/mol. The number of halogens is 3. The Bertz CT molecular complexity index is 1360. The first-order valence-electron chi connectivity index (χ1n) is 11.7. The average Bonchev–Trinajstić information content (AvgIpc) is 2.89. The van der Waals surface area contributed by atoms with E-state index in [9.17, 15) is 26.4 Å². The van der Waals surface area contributed by atoms with Crippen molar-refractivity contribution in [1.82, 2.24) is 5.32 Å². The number of anilines is 1. The fourth-order valence-corrected chi connectivity index (χ4v) is 5.15. The highest BCUT2D eigenvalue weighted by atomic mass is 32.2. The zero-order valence-electron chi connectivity index (χ0n) is 21.2. The number of ether oxygens (including phenoxy) is 2. The molecule has 0 atom stereocenters. The molecule has 0 unspecified atom stereocenters. The third kappa shape index (κ3) is 7.18. The lowest BCUT2D eigenvalue weighted by Crippen LogP contribution is -2.41. The van der Waals surface area contributed by atoms with Crippen molar-refractivity contribution in [3.05, 3.63) is 83.4 Å². The number of amides is 1. The Kier molecular flexibility index (Phi) is 9.26. The molecule has 204 valence electrons. The molecule has 0 radical (unpaired) electrons. The standard InChI is InChI=1S/C27H29F3N2O5S/c1-19-9-11-20(12-10-19)6-5-15-31-26(33)18-32(22-8-4-7-21(16-22)27(28,29)30)38(34,35)23-13-14-24(36-2)25(17-23)37-3/h4,7-14,16-17H,5-6,15,18H2,1-3H3,(H,31,33). The number of alkyl halides is 3. The predicted octanol–water partition coefficient (Wildman–Crippen LogP) is 4.98. The summed E-state index contributed by atoms with van der Waals surface area (Å²) in [4.78, 5) is 12.5. The maximum Gasteiger partial charge on any atom is 0.416 e. The van der Waals surface area contributed by atoms with E-state index < -0.39 is 34.2 Å². The van der Waals surface area contributed by atoms with Gasteiger partial charge >= 0.3 is 6.18 Å². The third-order valence-corrected chi connectivity index (χ3v) is 7.55. The van der Waals surface area contributed by atoms with Gasteiger partial charge in [0.2, 0.25) is 5.91 Å². The van der Waals surface area contributed by atoms with E-state index in [0.29, 0.717) is 23.2 Å². The zero-order valence-corrected chi connectivity index (χ0v) is 22.0. The van der Waals surface area contributed by atoms with E-state index in [1.165, 1.54) is 38.5 Å². The fourth-order valence-electron chi connectivity index (χ4n) is 3.72. The molecule has 11 heteroatoms. The Hall–Kier alpha value is -3.73. The summed E-state index contributed by atoms with van der Waals surface area (Å²) in [6.45, 7) is 1.53. The molecule has 0 aliphatic rings. The molecule has 3 rings (SSSR count). The molecule has 0 aliphatic heterocycles. The van der Waals surface area contributed by atoms with E-state index in [1.54, 1.807) is 0 Å². The number of carbonyl (C=O) groups is 1. The number of methoxy groups -OCH3 is 2. The molecule has 0 aromatic heterocycles. The monoisotopic (exact) mass is 550 g/mol. The predicted molar refractivity (Wildman–Crippen MR) is 138 cm³/mol. The minimum absolute atomic E-state index is 0.109. The van der Waals surface area contributed by atoms with E-state index >= 15 is 0 Å². The van der Waals surface area contributed by atoms with Crippen molar-refractivity contribution < 1.29 is 35.9 Å². The van der Waals surface area contributed by atoms with Gasteiger partial charge in [0.25, 0.3) is 10.0 Å². The number of nitrogens with one attached hydrogen (secondary N) is 1. The number of carbonyl (C=O) groups excluding carboxylic acids is 1. The van der Waals surface area contributed by atoms with Gasteiger partial charge in [-0.25, -0.2) is 8.42 Å². The Labute approximate surface area is 220 Å². The highest BCUT2D eigenvalue weighted by Crippen LogP contribution is 2.35. The minimum atomic E-state index is -4.70. The number of hydrogen-bond donors (Lipinski definition) is 1. The second-order valence-corrected chi connectivity index (χ2v) is 10.4. The first kappa shape index (κ1) is 28.8. The van der Waals surface area contributed by atoms with Gasteiger partial charge in [0.1, 0.15) is 6.54 Å². The molecular weight excluding hydrogens is 521 g/mol. The van der Waals surface area contributed by atoms with E-state index in [1.807, 2.05) is 31.2 Å². The number of aryl methyl sites for hydroxylation is 2. The van der Waals surface area contributed by atoms with Crippen molar-refractivity contribution >= 4 is 21.6 Å². The molecular formula is C27H29F3N2O5S. The Morgan fingerprint density at radius 2 is 1.63 bits per heavy atom. The zero-order chi connectivity index (χ0) is 27.9. The van der Waals surface area contributed by atoms with Gasteiger partial charge in [-0.1, -0.05) is 35.9 Å². The van der Waals surface area contributed by atoms with Gasteiger partial charge in [-0.2, -0.15) is 13.2 Å². The number of hydrogen-bond acceptors (Lipinski definition) is 5. The molecule has 0 fully saturated rings. The number of rotatable bonds is 11. The van der Waals surface area contributed by atoms with Gasteiger partial charge in [0.15, 0.2) is 11.5 Å². The lowest BCUT2D eigenvalue weighted by molar-refractivity contribution is -0.137. The lowest BCUT2D eigenvalue weighted by Gasteiger charge is -2.25. The summed E-state index contributed by atoms with van der Waals surface area (Å²) < 4.78 is 78.3. The highest BCUT2D eigenvalue weighted by molar-refractivity contribution is 7.92. The Balaban J connectivity index is 1.85. The van der Waals surface area contributed by atoms with Crippen LogP contribution in [-0.2, 0) is 27.4 Å². The van der Waals surface area contributed by atoms with Crippen LogP contribution in [0.3, 0.4) is 0 Å². The molecule has 0 heterocycles. The van der Waals surface area contributed by atoms with Crippen LogP contribution in [-0.4, -0.2) is 41.6 Å². The van der Waals surface area contributed by atoms with Crippen LogP contribution in [0, 0.1) is 6.92 Å². The van der Waals surface area contributed by atoms with Crippen molar-refractivity contribution in [3.63, 3.8) is 0 Å². The van der Waals surface area contributed by atoms with Gasteiger partial charge in [-0.05, 0) is 55.7 Å². The summed E-state index contributed by atoms with van der Waals surface area (Å²) in [5.74, 6) is -0.281. The highest BCUT2D eigenvalue weighted by Gasteiger charge is 2.33. The van der Waals surface area contributed by atoms with Crippen LogP contribution in [0.4, 0.5) is 18.9 Å². The van der Waals surface area contributed by atoms with Crippen LogP contribution in [0.25, 0.3) is 0 Å². The van der Waals surface area contributed by atoms with Crippen molar-refractivity contribution in [3.8, 4) is 11.5 Å². The minimum Gasteiger partial charge on any atom is -0.493 e. The molecule has 0 saturated heterocycles. The van der Waals surface area contributed by atoms with Gasteiger partial charge in [-0.15, -0.1) is 0 Å². The van der Waals surface area contributed by atoms with Crippen molar-refractivity contribution in [2.75, 3.05) is 31.6 Å². The molecule has 1 amide bonds. The lowest BCUT2D eigenvalue weighted by atomic mass is 10.1. The maximum absolute atomic E-state index is 13.6. The number of nitrogens with zero attached hydrogens (tertiary/aromatic N) is 1. The van der Waals surface area contributed by atoms with Crippen LogP contribution in [0.1, 0.15) is 23.1 Å². The summed E-state index contributed by atoms with van der Waals surface area (Å²) in [5, 5.41) is 2.66. The maximum atomic E-state index is 13.6. The first-order chi connectivity index (χ1) is 18.0. The number of sulfonamides is 1. The fraction of sp³-hybridized carbons (Fsp3) is 0.296. The summed E-state index contributed by atoms with van der Waals surface area (Å²) in [6, 6.07) is 15.6. The quantitative estimate of drug-likeness (QED) is 0.341. The molecule has 0 bridgehead atoms. The molecule has 3 aromatic rings. The topological polar surface area (TPSA) is 84.9 Å². The normalized spacial score (nSPS) is 11.6. The van der Waals surface area contributed by atoms with Crippen LogP contribution in [0.5, 0.6) is 11.5 Å². The summed E-state index contributed by atoms with van der Waals surface area (Å²) in [6.07, 6.45) is -3.41. The largest absolute Gasteiger partial charge is 0.493 e. The van der Waals surface area contributed by atoms with Crippen LogP contribution in [0.2, 0.25) is 0 Å². The van der Waals surface area contributed by atoms with Crippen molar-refractivity contribution in [1.29, 1.82) is 0 Å². The van der Waals surface area contributed by atoms with Crippen molar-refractivity contribution in [2.45, 2.75) is 30.8 Å². The van der Waals surface area contributed by atoms with E-state index in [0.717, 1.165) is 23.3 Å². The molecule has 1 N–H and O–H groups in total. The summed E-state index contributed by atoms with van der Waals surface area (Å²) in [7, 11) is -1.78. The molecule has 3 aromatic carbocycles. The SMILES string of the molecule is COc1ccc(S(=O)(=O)N(CC(=O)NCCCc2ccc(C)cc2)c2cccc(C(F)(F)F)c2)cc1OC. The van der Waals surface area contributed by atoms with Crippen molar-refractivity contribution in [2.24, 2.45) is 0 Å². The first-order valence-corrected chi connectivity index (χ1v) is 13.1. The van der Waals surface area contributed by atoms with Gasteiger partial charge in [0.05, 0.1) is 30.4 Å². The summed E-state index contributed by atoms with van der Waals surface area (Å²) in [5.41, 5.74) is 0.879.